The first-order valence-electron chi connectivity index (χ1n) is 6.44. The first-order chi connectivity index (χ1) is 8.74. The Kier molecular flexibility index (Phi) is 4.50. The molecule has 3 heteroatoms. The van der Waals surface area contributed by atoms with E-state index in [2.05, 4.69) is 48.4 Å². The van der Waals surface area contributed by atoms with E-state index in [1.165, 1.54) is 21.0 Å². The highest BCUT2D eigenvalue weighted by Gasteiger charge is 2.09. The molecule has 0 aliphatic carbocycles. The number of nitrogens with zero attached hydrogens (tertiary/aromatic N) is 1. The summed E-state index contributed by atoms with van der Waals surface area (Å²) in [5.74, 6) is 0. The molecule has 1 N–H and O–H groups in total. The molecule has 1 aromatic heterocycles. The summed E-state index contributed by atoms with van der Waals surface area (Å²) in [6.07, 6.45) is 2.10. The van der Waals surface area contributed by atoms with Crippen molar-refractivity contribution in [2.45, 2.75) is 26.7 Å². The number of hydrogen-bond acceptors (Lipinski definition) is 3. The molecule has 96 valence electrons. The number of thiazole rings is 1. The van der Waals surface area contributed by atoms with Crippen LogP contribution in [0.25, 0.3) is 10.4 Å². The molecule has 2 rings (SSSR count). The number of aromatic nitrogens is 1. The van der Waals surface area contributed by atoms with Crippen molar-refractivity contribution in [2.75, 3.05) is 13.6 Å². The van der Waals surface area contributed by atoms with Crippen molar-refractivity contribution in [2.24, 2.45) is 0 Å². The lowest BCUT2D eigenvalue weighted by molar-refractivity contribution is 0.786. The summed E-state index contributed by atoms with van der Waals surface area (Å²) in [6, 6.07) is 8.84. The summed E-state index contributed by atoms with van der Waals surface area (Å²) in [5.41, 5.74) is 3.82. The van der Waals surface area contributed by atoms with Crippen LogP contribution in [0.4, 0.5) is 0 Å². The van der Waals surface area contributed by atoms with Gasteiger partial charge in [-0.1, -0.05) is 31.2 Å². The molecule has 0 bridgehead atoms. The standard InChI is InChI=1S/C15H20N2S/c1-4-12-5-7-13(8-6-12)15-11(2)17-14(18-15)9-10-16-3/h5-8,16H,4,9-10H2,1-3H3. The average molecular weight is 260 g/mol. The number of likely N-dealkylation sites (N-methyl/N-ethyl adjacent to an activating group) is 1. The third kappa shape index (κ3) is 2.98. The van der Waals surface area contributed by atoms with E-state index >= 15 is 0 Å². The van der Waals surface area contributed by atoms with Gasteiger partial charge in [0, 0.05) is 13.0 Å². The predicted molar refractivity (Wildman–Crippen MR) is 79.3 cm³/mol. The van der Waals surface area contributed by atoms with E-state index in [4.69, 9.17) is 0 Å². The normalized spacial score (nSPS) is 10.8. The smallest absolute Gasteiger partial charge is 0.0947 e. The van der Waals surface area contributed by atoms with Gasteiger partial charge in [-0.2, -0.15) is 0 Å². The van der Waals surface area contributed by atoms with Crippen LogP contribution in [0.5, 0.6) is 0 Å². The minimum Gasteiger partial charge on any atom is -0.319 e. The van der Waals surface area contributed by atoms with Crippen LogP contribution >= 0.6 is 11.3 Å². The summed E-state index contributed by atoms with van der Waals surface area (Å²) >= 11 is 1.81. The number of rotatable bonds is 5. The van der Waals surface area contributed by atoms with E-state index in [0.717, 1.165) is 25.1 Å². The van der Waals surface area contributed by atoms with Crippen LogP contribution in [0.2, 0.25) is 0 Å². The van der Waals surface area contributed by atoms with Gasteiger partial charge in [0.05, 0.1) is 15.6 Å². The zero-order valence-corrected chi connectivity index (χ0v) is 12.1. The Morgan fingerprint density at radius 2 is 1.94 bits per heavy atom. The zero-order valence-electron chi connectivity index (χ0n) is 11.3. The maximum absolute atomic E-state index is 4.65. The average Bonchev–Trinajstić information content (AvgIpc) is 2.78. The van der Waals surface area contributed by atoms with Crippen molar-refractivity contribution < 1.29 is 0 Å². The molecule has 0 atom stereocenters. The fraction of sp³-hybridized carbons (Fsp3) is 0.400. The van der Waals surface area contributed by atoms with Crippen LogP contribution in [0.15, 0.2) is 24.3 Å². The summed E-state index contributed by atoms with van der Waals surface area (Å²) in [6.45, 7) is 5.27. The minimum atomic E-state index is 0.987. The van der Waals surface area contributed by atoms with Gasteiger partial charge < -0.3 is 5.32 Å². The maximum atomic E-state index is 4.65. The van der Waals surface area contributed by atoms with Gasteiger partial charge in [0.15, 0.2) is 0 Å². The largest absolute Gasteiger partial charge is 0.319 e. The molecule has 0 radical (unpaired) electrons. The molecule has 1 aromatic carbocycles. The molecule has 0 aliphatic heterocycles. The first kappa shape index (κ1) is 13.2. The Balaban J connectivity index is 2.23. The quantitative estimate of drug-likeness (QED) is 0.890. The zero-order chi connectivity index (χ0) is 13.0. The SMILES string of the molecule is CCc1ccc(-c2sc(CCNC)nc2C)cc1. The van der Waals surface area contributed by atoms with Crippen molar-refractivity contribution in [3.05, 3.63) is 40.5 Å². The summed E-state index contributed by atoms with van der Waals surface area (Å²) < 4.78 is 0. The Morgan fingerprint density at radius 3 is 2.56 bits per heavy atom. The molecular weight excluding hydrogens is 240 g/mol. The van der Waals surface area contributed by atoms with E-state index in [9.17, 15) is 0 Å². The fourth-order valence-corrected chi connectivity index (χ4v) is 3.02. The molecule has 0 aliphatic rings. The van der Waals surface area contributed by atoms with Crippen molar-refractivity contribution in [3.63, 3.8) is 0 Å². The van der Waals surface area contributed by atoms with Gasteiger partial charge in [-0.05, 0) is 31.5 Å². The van der Waals surface area contributed by atoms with E-state index in [-0.39, 0.29) is 0 Å². The fourth-order valence-electron chi connectivity index (χ4n) is 1.95. The Morgan fingerprint density at radius 1 is 1.22 bits per heavy atom. The van der Waals surface area contributed by atoms with Crippen molar-refractivity contribution >= 4 is 11.3 Å². The van der Waals surface area contributed by atoms with Gasteiger partial charge in [-0.25, -0.2) is 4.98 Å². The highest BCUT2D eigenvalue weighted by molar-refractivity contribution is 7.15. The van der Waals surface area contributed by atoms with Gasteiger partial charge in [0.1, 0.15) is 0 Å². The summed E-state index contributed by atoms with van der Waals surface area (Å²) in [7, 11) is 1.98. The second-order valence-electron chi connectivity index (χ2n) is 4.43. The molecule has 2 aromatic rings. The van der Waals surface area contributed by atoms with Gasteiger partial charge in [0.25, 0.3) is 0 Å². The molecule has 0 saturated carbocycles. The van der Waals surface area contributed by atoms with Gasteiger partial charge in [0.2, 0.25) is 0 Å². The number of hydrogen-bond donors (Lipinski definition) is 1. The van der Waals surface area contributed by atoms with E-state index in [0.29, 0.717) is 0 Å². The molecule has 0 amide bonds. The second-order valence-corrected chi connectivity index (χ2v) is 5.51. The van der Waals surface area contributed by atoms with Crippen LogP contribution < -0.4 is 5.32 Å². The lowest BCUT2D eigenvalue weighted by atomic mass is 10.1. The van der Waals surface area contributed by atoms with E-state index in [1.807, 2.05) is 18.4 Å². The molecule has 18 heavy (non-hydrogen) atoms. The van der Waals surface area contributed by atoms with Gasteiger partial charge in [-0.15, -0.1) is 11.3 Å². The topological polar surface area (TPSA) is 24.9 Å². The first-order valence-corrected chi connectivity index (χ1v) is 7.26. The Labute approximate surface area is 113 Å². The minimum absolute atomic E-state index is 0.987. The lowest BCUT2D eigenvalue weighted by Crippen LogP contribution is -2.09. The monoisotopic (exact) mass is 260 g/mol. The van der Waals surface area contributed by atoms with E-state index < -0.39 is 0 Å². The molecule has 2 nitrogen and oxygen atoms in total. The van der Waals surface area contributed by atoms with Crippen LogP contribution in [0.3, 0.4) is 0 Å². The second kappa shape index (κ2) is 6.12. The van der Waals surface area contributed by atoms with Crippen molar-refractivity contribution in [1.29, 1.82) is 0 Å². The summed E-state index contributed by atoms with van der Waals surface area (Å²) in [5, 5.41) is 4.39. The molecule has 1 heterocycles. The van der Waals surface area contributed by atoms with E-state index in [1.54, 1.807) is 0 Å². The van der Waals surface area contributed by atoms with Crippen LogP contribution in [0, 0.1) is 6.92 Å². The third-order valence-electron chi connectivity index (χ3n) is 3.05. The van der Waals surface area contributed by atoms with Gasteiger partial charge >= 0.3 is 0 Å². The highest BCUT2D eigenvalue weighted by Crippen LogP contribution is 2.30. The van der Waals surface area contributed by atoms with Crippen LogP contribution in [-0.4, -0.2) is 18.6 Å². The van der Waals surface area contributed by atoms with Gasteiger partial charge in [-0.3, -0.25) is 0 Å². The molecule has 0 saturated heterocycles. The summed E-state index contributed by atoms with van der Waals surface area (Å²) in [4.78, 5) is 5.95. The van der Waals surface area contributed by atoms with Crippen molar-refractivity contribution in [3.8, 4) is 10.4 Å². The Bertz CT molecular complexity index is 500. The van der Waals surface area contributed by atoms with Crippen LogP contribution in [-0.2, 0) is 12.8 Å². The molecule has 0 fully saturated rings. The highest BCUT2D eigenvalue weighted by atomic mass is 32.1. The lowest BCUT2D eigenvalue weighted by Gasteiger charge is -2.00. The molecule has 0 spiro atoms. The van der Waals surface area contributed by atoms with Crippen LogP contribution in [0.1, 0.15) is 23.2 Å². The number of nitrogens with one attached hydrogen (secondary N) is 1. The third-order valence-corrected chi connectivity index (χ3v) is 4.32. The number of benzene rings is 1. The number of aryl methyl sites for hydroxylation is 2. The predicted octanol–water partition coefficient (Wildman–Crippen LogP) is 3.44. The molecule has 0 unspecified atom stereocenters. The molecular formula is C15H20N2S. The maximum Gasteiger partial charge on any atom is 0.0947 e. The Hall–Kier alpha value is -1.19. The van der Waals surface area contributed by atoms with Crippen molar-refractivity contribution in [1.82, 2.24) is 10.3 Å².